The van der Waals surface area contributed by atoms with Crippen molar-refractivity contribution in [2.24, 2.45) is 5.92 Å². The minimum atomic E-state index is 0.614. The van der Waals surface area contributed by atoms with Gasteiger partial charge in [0, 0.05) is 16.0 Å². The third kappa shape index (κ3) is 4.06. The molecule has 1 aliphatic rings. The van der Waals surface area contributed by atoms with Crippen molar-refractivity contribution in [2.45, 2.75) is 43.5 Å². The molecule has 4 heteroatoms. The first kappa shape index (κ1) is 13.5. The average molecular weight is 290 g/mol. The molecule has 2 rings (SSSR count). The minimum Gasteiger partial charge on any atom is -0.257 e. The van der Waals surface area contributed by atoms with E-state index in [1.807, 2.05) is 12.1 Å². The molecule has 0 radical (unpaired) electrons. The van der Waals surface area contributed by atoms with Crippen LogP contribution in [0.2, 0.25) is 10.0 Å². The van der Waals surface area contributed by atoms with Crippen molar-refractivity contribution in [1.29, 1.82) is 0 Å². The molecule has 0 spiro atoms. The first-order chi connectivity index (χ1) is 8.15. The highest BCUT2D eigenvalue weighted by Gasteiger charge is 2.18. The molecule has 0 amide bonds. The van der Waals surface area contributed by atoms with Crippen molar-refractivity contribution in [3.63, 3.8) is 0 Å². The molecule has 0 heterocycles. The van der Waals surface area contributed by atoms with Gasteiger partial charge in [-0.25, -0.2) is 0 Å². The van der Waals surface area contributed by atoms with Gasteiger partial charge < -0.3 is 0 Å². The molecule has 0 aromatic heterocycles. The lowest BCUT2D eigenvalue weighted by Gasteiger charge is -2.26. The minimum absolute atomic E-state index is 0.614. The summed E-state index contributed by atoms with van der Waals surface area (Å²) in [5.74, 6) is 0.886. The Bertz CT molecular complexity index is 376. The summed E-state index contributed by atoms with van der Waals surface area (Å²) < 4.78 is 3.51. The molecule has 1 aromatic carbocycles. The molecule has 17 heavy (non-hydrogen) atoms. The van der Waals surface area contributed by atoms with Crippen LogP contribution in [-0.4, -0.2) is 6.04 Å². The zero-order valence-corrected chi connectivity index (χ0v) is 12.2. The molecular weight excluding hydrogens is 273 g/mol. The Kier molecular flexibility index (Phi) is 5.04. The first-order valence-electron chi connectivity index (χ1n) is 6.02. The van der Waals surface area contributed by atoms with Gasteiger partial charge in [-0.05, 0) is 61.7 Å². The van der Waals surface area contributed by atoms with Gasteiger partial charge in [-0.3, -0.25) is 4.72 Å². The highest BCUT2D eigenvalue weighted by atomic mass is 35.5. The van der Waals surface area contributed by atoms with E-state index in [4.69, 9.17) is 23.2 Å². The molecule has 94 valence electrons. The van der Waals surface area contributed by atoms with Crippen LogP contribution in [0.15, 0.2) is 23.1 Å². The second-order valence-electron chi connectivity index (χ2n) is 4.75. The van der Waals surface area contributed by atoms with Crippen LogP contribution in [0.3, 0.4) is 0 Å². The van der Waals surface area contributed by atoms with Gasteiger partial charge >= 0.3 is 0 Å². The van der Waals surface area contributed by atoms with Crippen LogP contribution < -0.4 is 4.72 Å². The fourth-order valence-corrected chi connectivity index (χ4v) is 3.43. The molecule has 1 fully saturated rings. The maximum absolute atomic E-state index is 6.13. The van der Waals surface area contributed by atoms with Crippen LogP contribution in [0.1, 0.15) is 32.6 Å². The topological polar surface area (TPSA) is 12.0 Å². The summed E-state index contributed by atoms with van der Waals surface area (Å²) >= 11 is 13.6. The van der Waals surface area contributed by atoms with Gasteiger partial charge in [-0.2, -0.15) is 0 Å². The van der Waals surface area contributed by atoms with E-state index in [1.165, 1.54) is 25.7 Å². The Hall–Kier alpha value is 0.110. The fourth-order valence-electron chi connectivity index (χ4n) is 2.08. The summed E-state index contributed by atoms with van der Waals surface area (Å²) in [7, 11) is 0. The van der Waals surface area contributed by atoms with Crippen molar-refractivity contribution in [2.75, 3.05) is 0 Å². The Labute approximate surface area is 117 Å². The van der Waals surface area contributed by atoms with Crippen molar-refractivity contribution < 1.29 is 0 Å². The second kappa shape index (κ2) is 6.33. The molecule has 1 aromatic rings. The summed E-state index contributed by atoms with van der Waals surface area (Å²) in [6, 6.07) is 6.24. The monoisotopic (exact) mass is 289 g/mol. The Morgan fingerprint density at radius 3 is 2.53 bits per heavy atom. The van der Waals surface area contributed by atoms with Gasteiger partial charge in [0.2, 0.25) is 0 Å². The predicted molar refractivity (Wildman–Crippen MR) is 76.9 cm³/mol. The molecule has 0 bridgehead atoms. The number of hydrogen-bond donors (Lipinski definition) is 1. The molecule has 0 aliphatic heterocycles. The van der Waals surface area contributed by atoms with E-state index >= 15 is 0 Å². The Balaban J connectivity index is 1.85. The Morgan fingerprint density at radius 2 is 1.88 bits per heavy atom. The first-order valence-corrected chi connectivity index (χ1v) is 7.60. The summed E-state index contributed by atoms with van der Waals surface area (Å²) in [6.45, 7) is 2.33. The number of halogens is 2. The molecule has 1 saturated carbocycles. The quantitative estimate of drug-likeness (QED) is 0.771. The van der Waals surface area contributed by atoms with E-state index in [2.05, 4.69) is 11.6 Å². The van der Waals surface area contributed by atoms with Gasteiger partial charge in [-0.15, -0.1) is 0 Å². The van der Waals surface area contributed by atoms with Crippen LogP contribution in [0.4, 0.5) is 0 Å². The highest BCUT2D eigenvalue weighted by Crippen LogP contribution is 2.30. The van der Waals surface area contributed by atoms with Crippen LogP contribution in [0.25, 0.3) is 0 Å². The predicted octanol–water partition coefficient (Wildman–Crippen LogP) is 5.17. The standard InChI is InChI=1S/C13H17Cl2NS/c1-9-2-5-11(6-3-9)16-17-13-7-4-10(14)8-12(13)15/h4,7-9,11,16H,2-3,5-6H2,1H3. The summed E-state index contributed by atoms with van der Waals surface area (Å²) in [5.41, 5.74) is 0. The average Bonchev–Trinajstić information content (AvgIpc) is 2.30. The molecule has 1 N–H and O–H groups in total. The molecule has 0 saturated heterocycles. The van der Waals surface area contributed by atoms with Crippen LogP contribution in [0.5, 0.6) is 0 Å². The lowest BCUT2D eigenvalue weighted by molar-refractivity contribution is 0.337. The van der Waals surface area contributed by atoms with Crippen molar-refractivity contribution >= 4 is 35.1 Å². The maximum Gasteiger partial charge on any atom is 0.0569 e. The van der Waals surface area contributed by atoms with Crippen molar-refractivity contribution in [3.8, 4) is 0 Å². The third-order valence-corrected chi connectivity index (χ3v) is 4.93. The Morgan fingerprint density at radius 1 is 1.18 bits per heavy atom. The van der Waals surface area contributed by atoms with Crippen molar-refractivity contribution in [3.05, 3.63) is 28.2 Å². The normalized spacial score (nSPS) is 24.9. The SMILES string of the molecule is CC1CCC(NSc2ccc(Cl)cc2Cl)CC1. The van der Waals surface area contributed by atoms with Gasteiger partial charge in [0.1, 0.15) is 0 Å². The molecule has 1 nitrogen and oxygen atoms in total. The van der Waals surface area contributed by atoms with Crippen LogP contribution >= 0.6 is 35.1 Å². The van der Waals surface area contributed by atoms with Gasteiger partial charge in [0.25, 0.3) is 0 Å². The number of nitrogens with one attached hydrogen (secondary N) is 1. The zero-order chi connectivity index (χ0) is 12.3. The van der Waals surface area contributed by atoms with E-state index < -0.39 is 0 Å². The van der Waals surface area contributed by atoms with E-state index in [0.717, 1.165) is 15.8 Å². The zero-order valence-electron chi connectivity index (χ0n) is 9.88. The lowest BCUT2D eigenvalue weighted by atomic mass is 9.88. The number of hydrogen-bond acceptors (Lipinski definition) is 2. The van der Waals surface area contributed by atoms with E-state index in [9.17, 15) is 0 Å². The third-order valence-electron chi connectivity index (χ3n) is 3.25. The number of rotatable bonds is 3. The second-order valence-corrected chi connectivity index (χ2v) is 6.47. The van der Waals surface area contributed by atoms with Crippen LogP contribution in [-0.2, 0) is 0 Å². The molecule has 0 atom stereocenters. The van der Waals surface area contributed by atoms with E-state index in [0.29, 0.717) is 11.1 Å². The number of benzene rings is 1. The maximum atomic E-state index is 6.13. The van der Waals surface area contributed by atoms with Gasteiger partial charge in [0.15, 0.2) is 0 Å². The largest absolute Gasteiger partial charge is 0.257 e. The fraction of sp³-hybridized carbons (Fsp3) is 0.538. The molecule has 1 aliphatic carbocycles. The lowest BCUT2D eigenvalue weighted by Crippen LogP contribution is -2.27. The smallest absolute Gasteiger partial charge is 0.0569 e. The summed E-state index contributed by atoms with van der Waals surface area (Å²) in [6.07, 6.45) is 5.18. The molecule has 0 unspecified atom stereocenters. The van der Waals surface area contributed by atoms with E-state index in [1.54, 1.807) is 18.0 Å². The highest BCUT2D eigenvalue weighted by molar-refractivity contribution is 7.97. The summed E-state index contributed by atoms with van der Waals surface area (Å²) in [4.78, 5) is 1.05. The van der Waals surface area contributed by atoms with Gasteiger partial charge in [-0.1, -0.05) is 30.1 Å². The summed E-state index contributed by atoms with van der Waals surface area (Å²) in [5, 5.41) is 1.41. The van der Waals surface area contributed by atoms with Gasteiger partial charge in [0.05, 0.1) is 5.02 Å². The van der Waals surface area contributed by atoms with E-state index in [-0.39, 0.29) is 0 Å². The molecular formula is C13H17Cl2NS. The van der Waals surface area contributed by atoms with Crippen molar-refractivity contribution in [1.82, 2.24) is 4.72 Å². The van der Waals surface area contributed by atoms with Crippen LogP contribution in [0, 0.1) is 5.92 Å².